The number of amides is 1. The summed E-state index contributed by atoms with van der Waals surface area (Å²) in [6.45, 7) is 4.86. The number of nitrogens with zero attached hydrogens (tertiary/aromatic N) is 1. The molecule has 0 aliphatic rings. The zero-order valence-electron chi connectivity index (χ0n) is 11.7. The maximum Gasteiger partial charge on any atom is 0.311 e. The van der Waals surface area contributed by atoms with E-state index in [4.69, 9.17) is 9.84 Å². The van der Waals surface area contributed by atoms with Gasteiger partial charge in [-0.1, -0.05) is 6.07 Å². The van der Waals surface area contributed by atoms with Gasteiger partial charge >= 0.3 is 5.69 Å². The molecule has 1 rings (SSSR count). The predicted octanol–water partition coefficient (Wildman–Crippen LogP) is 1.38. The Labute approximate surface area is 116 Å². The van der Waals surface area contributed by atoms with E-state index in [9.17, 15) is 14.9 Å². The van der Waals surface area contributed by atoms with Crippen molar-refractivity contribution in [2.24, 2.45) is 0 Å². The third-order valence-corrected chi connectivity index (χ3v) is 2.28. The Bertz CT molecular complexity index is 508. The molecule has 1 amide bonds. The number of hydrogen-bond donors (Lipinski definition) is 2. The van der Waals surface area contributed by atoms with Crippen LogP contribution in [0.5, 0.6) is 5.75 Å². The minimum Gasteiger partial charge on any atom is -0.477 e. The summed E-state index contributed by atoms with van der Waals surface area (Å²) >= 11 is 0. The number of hydrogen-bond acceptors (Lipinski definition) is 5. The second-order valence-electron chi connectivity index (χ2n) is 5.30. The third-order valence-electron chi connectivity index (χ3n) is 2.28. The second kappa shape index (κ2) is 6.33. The maximum atomic E-state index is 11.6. The molecule has 0 bridgehead atoms. The highest BCUT2D eigenvalue weighted by molar-refractivity contribution is 5.78. The molecular formula is C13H18N2O5. The van der Waals surface area contributed by atoms with Gasteiger partial charge < -0.3 is 15.2 Å². The van der Waals surface area contributed by atoms with Crippen molar-refractivity contribution in [1.82, 2.24) is 5.32 Å². The average molecular weight is 282 g/mol. The van der Waals surface area contributed by atoms with Crippen molar-refractivity contribution in [2.75, 3.05) is 6.61 Å². The first kappa shape index (κ1) is 15.9. The first-order valence-electron chi connectivity index (χ1n) is 6.05. The molecule has 1 aromatic carbocycles. The van der Waals surface area contributed by atoms with Gasteiger partial charge in [-0.2, -0.15) is 0 Å². The Morgan fingerprint density at radius 3 is 2.60 bits per heavy atom. The van der Waals surface area contributed by atoms with Crippen LogP contribution in [0.3, 0.4) is 0 Å². The van der Waals surface area contributed by atoms with Gasteiger partial charge in [-0.3, -0.25) is 14.9 Å². The fraction of sp³-hybridized carbons (Fsp3) is 0.462. The molecule has 0 saturated carbocycles. The fourth-order valence-electron chi connectivity index (χ4n) is 1.52. The molecule has 0 spiro atoms. The van der Waals surface area contributed by atoms with Crippen LogP contribution in [0.25, 0.3) is 0 Å². The van der Waals surface area contributed by atoms with E-state index < -0.39 is 10.5 Å². The molecule has 7 heteroatoms. The van der Waals surface area contributed by atoms with Crippen LogP contribution >= 0.6 is 0 Å². The quantitative estimate of drug-likeness (QED) is 0.627. The molecular weight excluding hydrogens is 264 g/mol. The summed E-state index contributed by atoms with van der Waals surface area (Å²) in [5.41, 5.74) is -0.268. The van der Waals surface area contributed by atoms with E-state index >= 15 is 0 Å². The van der Waals surface area contributed by atoms with E-state index in [2.05, 4.69) is 5.32 Å². The Kier molecular flexibility index (Phi) is 5.04. The molecule has 0 saturated heterocycles. The molecule has 0 aromatic heterocycles. The summed E-state index contributed by atoms with van der Waals surface area (Å²) in [6, 6.07) is 4.09. The van der Waals surface area contributed by atoms with Crippen molar-refractivity contribution in [1.29, 1.82) is 0 Å². The van der Waals surface area contributed by atoms with Gasteiger partial charge in [0.1, 0.15) is 0 Å². The summed E-state index contributed by atoms with van der Waals surface area (Å²) in [4.78, 5) is 21.9. The van der Waals surface area contributed by atoms with Gasteiger partial charge in [-0.05, 0) is 32.4 Å². The number of benzene rings is 1. The van der Waals surface area contributed by atoms with Gasteiger partial charge in [0.2, 0.25) is 0 Å². The van der Waals surface area contributed by atoms with Gasteiger partial charge in [0.25, 0.3) is 5.91 Å². The minimum absolute atomic E-state index is 0.00346. The monoisotopic (exact) mass is 282 g/mol. The van der Waals surface area contributed by atoms with Gasteiger partial charge in [-0.15, -0.1) is 0 Å². The largest absolute Gasteiger partial charge is 0.477 e. The van der Waals surface area contributed by atoms with Gasteiger partial charge in [0.05, 0.1) is 11.5 Å². The number of aliphatic hydroxyl groups excluding tert-OH is 1. The fourth-order valence-corrected chi connectivity index (χ4v) is 1.52. The molecule has 0 aliphatic carbocycles. The van der Waals surface area contributed by atoms with Crippen molar-refractivity contribution in [2.45, 2.75) is 32.9 Å². The van der Waals surface area contributed by atoms with Crippen LogP contribution in [-0.2, 0) is 11.4 Å². The average Bonchev–Trinajstić information content (AvgIpc) is 2.34. The summed E-state index contributed by atoms with van der Waals surface area (Å²) in [6.07, 6.45) is 0. The first-order valence-corrected chi connectivity index (χ1v) is 6.05. The van der Waals surface area contributed by atoms with E-state index in [1.54, 1.807) is 0 Å². The molecule has 0 unspecified atom stereocenters. The van der Waals surface area contributed by atoms with Gasteiger partial charge in [0.15, 0.2) is 12.4 Å². The van der Waals surface area contributed by atoms with E-state index in [0.29, 0.717) is 5.56 Å². The highest BCUT2D eigenvalue weighted by atomic mass is 16.6. The van der Waals surface area contributed by atoms with Crippen molar-refractivity contribution >= 4 is 11.6 Å². The summed E-state index contributed by atoms with van der Waals surface area (Å²) in [5.74, 6) is -0.366. The molecule has 0 heterocycles. The van der Waals surface area contributed by atoms with Crippen LogP contribution in [-0.4, -0.2) is 28.1 Å². The Balaban J connectivity index is 2.77. The lowest BCUT2D eigenvalue weighted by molar-refractivity contribution is -0.385. The predicted molar refractivity (Wildman–Crippen MR) is 72.4 cm³/mol. The summed E-state index contributed by atoms with van der Waals surface area (Å²) in [5, 5.41) is 22.5. The lowest BCUT2D eigenvalue weighted by Gasteiger charge is -2.20. The molecule has 20 heavy (non-hydrogen) atoms. The molecule has 110 valence electrons. The lowest BCUT2D eigenvalue weighted by Crippen LogP contribution is -2.43. The van der Waals surface area contributed by atoms with Crippen LogP contribution in [0.2, 0.25) is 0 Å². The van der Waals surface area contributed by atoms with Crippen LogP contribution in [0, 0.1) is 10.1 Å². The Morgan fingerprint density at radius 1 is 1.45 bits per heavy atom. The first-order chi connectivity index (χ1) is 9.23. The molecule has 0 atom stereocenters. The molecule has 0 fully saturated rings. The van der Waals surface area contributed by atoms with Crippen molar-refractivity contribution < 1.29 is 19.6 Å². The van der Waals surface area contributed by atoms with Crippen LogP contribution in [0.1, 0.15) is 26.3 Å². The lowest BCUT2D eigenvalue weighted by atomic mass is 10.1. The highest BCUT2D eigenvalue weighted by Crippen LogP contribution is 2.27. The second-order valence-corrected chi connectivity index (χ2v) is 5.30. The van der Waals surface area contributed by atoms with E-state index in [-0.39, 0.29) is 30.6 Å². The van der Waals surface area contributed by atoms with Gasteiger partial charge in [-0.25, -0.2) is 0 Å². The smallest absolute Gasteiger partial charge is 0.311 e. The number of aliphatic hydroxyl groups is 1. The van der Waals surface area contributed by atoms with Crippen LogP contribution in [0.15, 0.2) is 18.2 Å². The Morgan fingerprint density at radius 2 is 2.10 bits per heavy atom. The number of ether oxygens (including phenoxy) is 1. The minimum atomic E-state index is -0.615. The standard InChI is InChI=1S/C13H18N2O5/c1-13(2,3)14-12(17)8-20-11-5-4-9(7-16)6-10(11)15(18)19/h4-6,16H,7-8H2,1-3H3,(H,14,17). The van der Waals surface area contributed by atoms with Crippen molar-refractivity contribution in [3.8, 4) is 5.75 Å². The molecule has 1 aromatic rings. The van der Waals surface area contributed by atoms with Crippen LogP contribution in [0.4, 0.5) is 5.69 Å². The molecule has 0 radical (unpaired) electrons. The molecule has 2 N–H and O–H groups in total. The normalized spacial score (nSPS) is 11.0. The number of nitro benzene ring substituents is 1. The summed E-state index contributed by atoms with van der Waals surface area (Å²) < 4.78 is 5.17. The van der Waals surface area contributed by atoms with E-state index in [1.807, 2.05) is 20.8 Å². The molecule has 7 nitrogen and oxygen atoms in total. The van der Waals surface area contributed by atoms with E-state index in [1.165, 1.54) is 18.2 Å². The summed E-state index contributed by atoms with van der Waals surface area (Å²) in [7, 11) is 0. The topological polar surface area (TPSA) is 102 Å². The van der Waals surface area contributed by atoms with E-state index in [0.717, 1.165) is 0 Å². The highest BCUT2D eigenvalue weighted by Gasteiger charge is 2.18. The number of rotatable bonds is 5. The van der Waals surface area contributed by atoms with Gasteiger partial charge in [0, 0.05) is 11.6 Å². The number of carbonyl (C=O) groups excluding carboxylic acids is 1. The SMILES string of the molecule is CC(C)(C)NC(=O)COc1ccc(CO)cc1[N+](=O)[O-]. The van der Waals surface area contributed by atoms with Crippen molar-refractivity contribution in [3.63, 3.8) is 0 Å². The Hall–Kier alpha value is -2.15. The zero-order chi connectivity index (χ0) is 15.3. The number of nitrogens with one attached hydrogen (secondary N) is 1. The maximum absolute atomic E-state index is 11.6. The number of carbonyl (C=O) groups is 1. The van der Waals surface area contributed by atoms with Crippen LogP contribution < -0.4 is 10.1 Å². The zero-order valence-corrected chi connectivity index (χ0v) is 11.7. The van der Waals surface area contributed by atoms with Crippen molar-refractivity contribution in [3.05, 3.63) is 33.9 Å². The number of nitro groups is 1. The third kappa shape index (κ3) is 4.85. The molecule has 0 aliphatic heterocycles.